The molecular weight excluding hydrogens is 370 g/mol. The number of carboxylic acid groups (broad SMARTS) is 1. The van der Waals surface area contributed by atoms with Crippen LogP contribution in [0.5, 0.6) is 0 Å². The normalized spacial score (nSPS) is 23.0. The van der Waals surface area contributed by atoms with E-state index in [0.29, 0.717) is 13.1 Å². The van der Waals surface area contributed by atoms with Crippen LogP contribution < -0.4 is 21.8 Å². The lowest BCUT2D eigenvalue weighted by atomic mass is 10.0. The fraction of sp³-hybridized carbons (Fsp3) is 0.474. The van der Waals surface area contributed by atoms with Gasteiger partial charge < -0.3 is 26.0 Å². The standard InChI is InChI=1S/C19H20F2N4O3/c20-12-14(23)11-15(25(8-1-2-8)5-9(17(11)26)18(27)28)13(21)16(12)24-6-10(22)19(7-24)3-4-19/h5,8,10H,1-4,6-7,22-23H2,(H,27,28)/t10-/m1/s1. The molecule has 1 saturated heterocycles. The second-order valence-electron chi connectivity index (χ2n) is 8.28. The molecule has 3 fully saturated rings. The van der Waals surface area contributed by atoms with E-state index in [2.05, 4.69) is 0 Å². The van der Waals surface area contributed by atoms with E-state index in [0.717, 1.165) is 31.9 Å². The van der Waals surface area contributed by atoms with E-state index in [1.807, 2.05) is 0 Å². The predicted octanol–water partition coefficient (Wildman–Crippen LogP) is 1.82. The lowest BCUT2D eigenvalue weighted by molar-refractivity contribution is 0.0695. The molecule has 5 rings (SSSR count). The fourth-order valence-electron chi connectivity index (χ4n) is 4.48. The Bertz CT molecular complexity index is 1110. The minimum Gasteiger partial charge on any atom is -0.477 e. The Hall–Kier alpha value is -2.68. The molecule has 1 aromatic carbocycles. The van der Waals surface area contributed by atoms with Crippen LogP contribution in [0, 0.1) is 17.0 Å². The van der Waals surface area contributed by atoms with Crippen LogP contribution in [0.2, 0.25) is 0 Å². The van der Waals surface area contributed by atoms with Gasteiger partial charge in [-0.2, -0.15) is 0 Å². The van der Waals surface area contributed by atoms with Crippen LogP contribution in [0.4, 0.5) is 20.2 Å². The number of aromatic carboxylic acids is 1. The molecule has 28 heavy (non-hydrogen) atoms. The summed E-state index contributed by atoms with van der Waals surface area (Å²) in [5.74, 6) is -3.36. The molecule has 0 unspecified atom stereocenters. The fourth-order valence-corrected chi connectivity index (χ4v) is 4.48. The van der Waals surface area contributed by atoms with Crippen molar-refractivity contribution in [1.82, 2.24) is 4.57 Å². The molecule has 0 bridgehead atoms. The number of halogens is 2. The second kappa shape index (κ2) is 5.44. The summed E-state index contributed by atoms with van der Waals surface area (Å²) in [4.78, 5) is 25.7. The van der Waals surface area contributed by atoms with E-state index in [1.165, 1.54) is 4.57 Å². The quantitative estimate of drug-likeness (QED) is 0.689. The van der Waals surface area contributed by atoms with Gasteiger partial charge in [-0.05, 0) is 25.7 Å². The maximum Gasteiger partial charge on any atom is 0.341 e. The van der Waals surface area contributed by atoms with Crippen LogP contribution in [-0.4, -0.2) is 34.8 Å². The molecule has 2 saturated carbocycles. The number of benzene rings is 1. The number of hydrogen-bond acceptors (Lipinski definition) is 5. The Labute approximate surface area is 158 Å². The van der Waals surface area contributed by atoms with E-state index in [-0.39, 0.29) is 28.7 Å². The maximum atomic E-state index is 15.6. The molecule has 1 atom stereocenters. The molecule has 1 spiro atoms. The summed E-state index contributed by atoms with van der Waals surface area (Å²) < 4.78 is 32.2. The van der Waals surface area contributed by atoms with Gasteiger partial charge in [0.15, 0.2) is 11.6 Å². The Morgan fingerprint density at radius 3 is 2.46 bits per heavy atom. The van der Waals surface area contributed by atoms with Crippen LogP contribution in [0.1, 0.15) is 42.1 Å². The molecule has 1 aliphatic heterocycles. The number of pyridine rings is 1. The van der Waals surface area contributed by atoms with Crippen LogP contribution >= 0.6 is 0 Å². The smallest absolute Gasteiger partial charge is 0.341 e. The first kappa shape index (κ1) is 17.4. The molecule has 1 aromatic heterocycles. The monoisotopic (exact) mass is 390 g/mol. The molecule has 7 nitrogen and oxygen atoms in total. The van der Waals surface area contributed by atoms with Crippen molar-refractivity contribution in [3.63, 3.8) is 0 Å². The minimum absolute atomic E-state index is 0.105. The number of carboxylic acids is 1. The van der Waals surface area contributed by atoms with Crippen molar-refractivity contribution in [2.24, 2.45) is 11.1 Å². The predicted molar refractivity (Wildman–Crippen MR) is 99.6 cm³/mol. The summed E-state index contributed by atoms with van der Waals surface area (Å²) in [5.41, 5.74) is 9.57. The van der Waals surface area contributed by atoms with E-state index in [1.54, 1.807) is 4.90 Å². The summed E-state index contributed by atoms with van der Waals surface area (Å²) in [6.45, 7) is 0.744. The van der Waals surface area contributed by atoms with Gasteiger partial charge in [-0.25, -0.2) is 13.6 Å². The number of nitrogens with zero attached hydrogens (tertiary/aromatic N) is 2. The molecule has 9 heteroatoms. The van der Waals surface area contributed by atoms with Crippen LogP contribution in [-0.2, 0) is 0 Å². The Morgan fingerprint density at radius 2 is 1.93 bits per heavy atom. The number of anilines is 2. The average Bonchev–Trinajstić information content (AvgIpc) is 3.53. The first-order chi connectivity index (χ1) is 13.2. The summed E-state index contributed by atoms with van der Waals surface area (Å²) in [5, 5.41) is 8.93. The van der Waals surface area contributed by atoms with E-state index in [4.69, 9.17) is 11.5 Å². The molecular formula is C19H20F2N4O3. The number of nitrogens with two attached hydrogens (primary N) is 2. The molecule has 3 aliphatic rings. The van der Waals surface area contributed by atoms with E-state index >= 15 is 8.78 Å². The number of aromatic nitrogens is 1. The second-order valence-corrected chi connectivity index (χ2v) is 8.28. The summed E-state index contributed by atoms with van der Waals surface area (Å²) >= 11 is 0. The van der Waals surface area contributed by atoms with Gasteiger partial charge in [-0.3, -0.25) is 4.79 Å². The highest BCUT2D eigenvalue weighted by molar-refractivity contribution is 5.99. The Balaban J connectivity index is 1.81. The van der Waals surface area contributed by atoms with Gasteiger partial charge in [-0.1, -0.05) is 0 Å². The van der Waals surface area contributed by atoms with Gasteiger partial charge in [0.05, 0.1) is 16.6 Å². The molecule has 0 radical (unpaired) electrons. The minimum atomic E-state index is -1.45. The van der Waals surface area contributed by atoms with Crippen molar-refractivity contribution in [1.29, 1.82) is 0 Å². The highest BCUT2D eigenvalue weighted by Gasteiger charge is 2.54. The lowest BCUT2D eigenvalue weighted by Crippen LogP contribution is -2.31. The molecule has 148 valence electrons. The van der Waals surface area contributed by atoms with Crippen molar-refractivity contribution >= 4 is 28.2 Å². The molecule has 2 aromatic rings. The number of nitrogen functional groups attached to an aromatic ring is 1. The zero-order valence-electron chi connectivity index (χ0n) is 15.0. The molecule has 5 N–H and O–H groups in total. The summed E-state index contributed by atoms with van der Waals surface area (Å²) in [6.07, 6.45) is 4.44. The maximum absolute atomic E-state index is 15.6. The van der Waals surface area contributed by atoms with Gasteiger partial charge >= 0.3 is 5.97 Å². The molecule has 0 amide bonds. The van der Waals surface area contributed by atoms with Crippen molar-refractivity contribution in [3.05, 3.63) is 33.6 Å². The zero-order valence-corrected chi connectivity index (χ0v) is 15.0. The third-order valence-corrected chi connectivity index (χ3v) is 6.45. The van der Waals surface area contributed by atoms with Crippen LogP contribution in [0.25, 0.3) is 10.9 Å². The van der Waals surface area contributed by atoms with Crippen molar-refractivity contribution < 1.29 is 18.7 Å². The Morgan fingerprint density at radius 1 is 1.25 bits per heavy atom. The SMILES string of the molecule is Nc1c(F)c(N2C[C@@H](N)C3(CC3)C2)c(F)c2c1c(=O)c(C(=O)O)cn2C1CC1. The molecule has 2 heterocycles. The highest BCUT2D eigenvalue weighted by atomic mass is 19.1. The van der Waals surface area contributed by atoms with Gasteiger partial charge in [0.25, 0.3) is 0 Å². The first-order valence-electron chi connectivity index (χ1n) is 9.34. The lowest BCUT2D eigenvalue weighted by Gasteiger charge is -2.23. The van der Waals surface area contributed by atoms with Crippen molar-refractivity contribution in [2.45, 2.75) is 37.8 Å². The van der Waals surface area contributed by atoms with Crippen LogP contribution in [0.3, 0.4) is 0 Å². The summed E-state index contributed by atoms with van der Waals surface area (Å²) in [6, 6.07) is -0.313. The summed E-state index contributed by atoms with van der Waals surface area (Å²) in [7, 11) is 0. The Kier molecular flexibility index (Phi) is 3.38. The largest absolute Gasteiger partial charge is 0.477 e. The first-order valence-corrected chi connectivity index (χ1v) is 9.34. The van der Waals surface area contributed by atoms with Gasteiger partial charge in [0.1, 0.15) is 11.3 Å². The third-order valence-electron chi connectivity index (χ3n) is 6.45. The van der Waals surface area contributed by atoms with Crippen LogP contribution in [0.15, 0.2) is 11.0 Å². The highest BCUT2D eigenvalue weighted by Crippen LogP contribution is 2.53. The molecule has 2 aliphatic carbocycles. The third kappa shape index (κ3) is 2.22. The zero-order chi connectivity index (χ0) is 20.0. The van der Waals surface area contributed by atoms with Gasteiger partial charge in [-0.15, -0.1) is 0 Å². The topological polar surface area (TPSA) is 115 Å². The number of hydrogen-bond donors (Lipinski definition) is 3. The average molecular weight is 390 g/mol. The van der Waals surface area contributed by atoms with Crippen molar-refractivity contribution in [2.75, 3.05) is 23.7 Å². The van der Waals surface area contributed by atoms with E-state index < -0.39 is 39.7 Å². The number of carbonyl (C=O) groups is 1. The number of rotatable bonds is 3. The van der Waals surface area contributed by atoms with Gasteiger partial charge in [0.2, 0.25) is 5.43 Å². The van der Waals surface area contributed by atoms with Crippen molar-refractivity contribution in [3.8, 4) is 0 Å². The van der Waals surface area contributed by atoms with E-state index in [9.17, 15) is 14.7 Å². The van der Waals surface area contributed by atoms with Gasteiger partial charge in [0, 0.05) is 36.8 Å². The number of fused-ring (bicyclic) bond motifs is 1.